The van der Waals surface area contributed by atoms with Gasteiger partial charge in [-0.25, -0.2) is 0 Å². The van der Waals surface area contributed by atoms with Crippen molar-refractivity contribution in [1.29, 1.82) is 0 Å². The molecular weight excluding hydrogens is 298 g/mol. The van der Waals surface area contributed by atoms with Crippen molar-refractivity contribution < 1.29 is 14.7 Å². The van der Waals surface area contributed by atoms with Crippen molar-refractivity contribution >= 4 is 28.5 Å². The minimum Gasteiger partial charge on any atom is -0.481 e. The lowest BCUT2D eigenvalue weighted by Gasteiger charge is -2.18. The van der Waals surface area contributed by atoms with Crippen LogP contribution in [0.3, 0.4) is 0 Å². The number of hydrogen-bond acceptors (Lipinski definition) is 4. The number of aliphatic carboxylic acids is 1. The van der Waals surface area contributed by atoms with Gasteiger partial charge >= 0.3 is 5.97 Å². The third-order valence-electron chi connectivity index (χ3n) is 3.72. The molecule has 1 heterocycles. The highest BCUT2D eigenvalue weighted by Gasteiger charge is 2.20. The fraction of sp³-hybridized carbons (Fsp3) is 0.312. The highest BCUT2D eigenvalue weighted by Crippen LogP contribution is 2.18. The number of aromatic nitrogens is 1. The van der Waals surface area contributed by atoms with Gasteiger partial charge in [0, 0.05) is 32.0 Å². The molecule has 0 saturated heterocycles. The topological polar surface area (TPSA) is 106 Å². The number of rotatable bonds is 5. The highest BCUT2D eigenvalue weighted by atomic mass is 16.4. The lowest BCUT2D eigenvalue weighted by atomic mass is 10.1. The standard InChI is InChI=1S/C16H19N3O4/c1-3-19-9-10(16(23)18(2)8-7-13(20)21)15(22)14-11(17)5-4-6-12(14)19/h4-6,9H,3,7-8,17H2,1-2H3,(H,20,21). The number of benzene rings is 1. The fourth-order valence-electron chi connectivity index (χ4n) is 2.45. The number of amides is 1. The zero-order valence-electron chi connectivity index (χ0n) is 13.1. The van der Waals surface area contributed by atoms with Gasteiger partial charge in [-0.3, -0.25) is 14.4 Å². The Morgan fingerprint density at radius 2 is 2.04 bits per heavy atom. The Bertz CT molecular complexity index is 826. The van der Waals surface area contributed by atoms with Crippen LogP contribution in [0, 0.1) is 0 Å². The lowest BCUT2D eigenvalue weighted by Crippen LogP contribution is -2.33. The first kappa shape index (κ1) is 16.5. The van der Waals surface area contributed by atoms with Crippen LogP contribution in [0.1, 0.15) is 23.7 Å². The Labute approximate surface area is 132 Å². The molecule has 0 spiro atoms. The molecule has 0 bridgehead atoms. The van der Waals surface area contributed by atoms with Crippen LogP contribution in [-0.2, 0) is 11.3 Å². The number of carboxylic acid groups (broad SMARTS) is 1. The van der Waals surface area contributed by atoms with Gasteiger partial charge in [0.25, 0.3) is 5.91 Å². The lowest BCUT2D eigenvalue weighted by molar-refractivity contribution is -0.137. The molecule has 7 nitrogen and oxygen atoms in total. The van der Waals surface area contributed by atoms with E-state index < -0.39 is 17.3 Å². The van der Waals surface area contributed by atoms with E-state index in [2.05, 4.69) is 0 Å². The molecular formula is C16H19N3O4. The SMILES string of the molecule is CCn1cc(C(=O)N(C)CCC(=O)O)c(=O)c2c(N)cccc21. The van der Waals surface area contributed by atoms with E-state index in [1.54, 1.807) is 22.8 Å². The van der Waals surface area contributed by atoms with E-state index in [4.69, 9.17) is 10.8 Å². The van der Waals surface area contributed by atoms with E-state index in [0.717, 1.165) is 0 Å². The molecule has 1 aromatic carbocycles. The van der Waals surface area contributed by atoms with Gasteiger partial charge in [0.2, 0.25) is 5.43 Å². The second kappa shape index (κ2) is 6.51. The minimum atomic E-state index is -1.00. The number of fused-ring (bicyclic) bond motifs is 1. The van der Waals surface area contributed by atoms with Crippen molar-refractivity contribution in [1.82, 2.24) is 9.47 Å². The van der Waals surface area contributed by atoms with Crippen LogP contribution in [0.4, 0.5) is 5.69 Å². The summed E-state index contributed by atoms with van der Waals surface area (Å²) in [5.41, 5.74) is 6.45. The second-order valence-electron chi connectivity index (χ2n) is 5.27. The molecule has 0 atom stereocenters. The number of aryl methyl sites for hydroxylation is 1. The van der Waals surface area contributed by atoms with Crippen LogP contribution in [0.5, 0.6) is 0 Å². The van der Waals surface area contributed by atoms with Crippen LogP contribution < -0.4 is 11.2 Å². The molecule has 1 aromatic heterocycles. The van der Waals surface area contributed by atoms with Crippen LogP contribution in [0.25, 0.3) is 10.9 Å². The third-order valence-corrected chi connectivity index (χ3v) is 3.72. The second-order valence-corrected chi connectivity index (χ2v) is 5.27. The summed E-state index contributed by atoms with van der Waals surface area (Å²) in [6, 6.07) is 5.15. The summed E-state index contributed by atoms with van der Waals surface area (Å²) in [4.78, 5) is 37.0. The van der Waals surface area contributed by atoms with Gasteiger partial charge in [-0.15, -0.1) is 0 Å². The Kier molecular flexibility index (Phi) is 4.68. The van der Waals surface area contributed by atoms with E-state index in [1.165, 1.54) is 18.1 Å². The van der Waals surface area contributed by atoms with Gasteiger partial charge in [-0.2, -0.15) is 0 Å². The van der Waals surface area contributed by atoms with Crippen LogP contribution in [0.15, 0.2) is 29.2 Å². The molecule has 3 N–H and O–H groups in total. The maximum atomic E-state index is 12.6. The van der Waals surface area contributed by atoms with E-state index in [1.807, 2.05) is 6.92 Å². The number of carbonyl (C=O) groups is 2. The summed E-state index contributed by atoms with van der Waals surface area (Å²) in [7, 11) is 1.47. The fourth-order valence-corrected chi connectivity index (χ4v) is 2.45. The molecule has 7 heteroatoms. The first-order valence-electron chi connectivity index (χ1n) is 7.25. The number of anilines is 1. The van der Waals surface area contributed by atoms with Gasteiger partial charge < -0.3 is 20.3 Å². The smallest absolute Gasteiger partial charge is 0.305 e. The largest absolute Gasteiger partial charge is 0.481 e. The molecule has 0 aliphatic heterocycles. The number of nitrogens with zero attached hydrogens (tertiary/aromatic N) is 2. The number of nitrogen functional groups attached to an aromatic ring is 1. The summed E-state index contributed by atoms with van der Waals surface area (Å²) in [6.45, 7) is 2.50. The predicted molar refractivity (Wildman–Crippen MR) is 87.5 cm³/mol. The Hall–Kier alpha value is -2.83. The van der Waals surface area contributed by atoms with Crippen molar-refractivity contribution in [3.8, 4) is 0 Å². The molecule has 2 aromatic rings. The summed E-state index contributed by atoms with van der Waals surface area (Å²) in [6.07, 6.45) is 1.32. The van der Waals surface area contributed by atoms with Crippen molar-refractivity contribution in [2.45, 2.75) is 19.9 Å². The molecule has 2 rings (SSSR count). The van der Waals surface area contributed by atoms with Gasteiger partial charge in [0.1, 0.15) is 5.56 Å². The third kappa shape index (κ3) is 3.18. The Morgan fingerprint density at radius 1 is 1.35 bits per heavy atom. The zero-order chi connectivity index (χ0) is 17.1. The molecule has 0 aliphatic rings. The van der Waals surface area contributed by atoms with E-state index in [-0.39, 0.29) is 18.5 Å². The maximum Gasteiger partial charge on any atom is 0.305 e. The summed E-state index contributed by atoms with van der Waals surface area (Å²) >= 11 is 0. The molecule has 0 unspecified atom stereocenters. The maximum absolute atomic E-state index is 12.6. The van der Waals surface area contributed by atoms with Crippen molar-refractivity contribution in [2.75, 3.05) is 19.3 Å². The van der Waals surface area contributed by atoms with Crippen LogP contribution in [0.2, 0.25) is 0 Å². The minimum absolute atomic E-state index is 0.00913. The average molecular weight is 317 g/mol. The Balaban J connectivity index is 2.55. The van der Waals surface area contributed by atoms with Gasteiger partial charge in [0.05, 0.1) is 17.3 Å². The number of carboxylic acids is 1. The normalized spacial score (nSPS) is 10.7. The summed E-state index contributed by atoms with van der Waals surface area (Å²) in [5.74, 6) is -1.51. The van der Waals surface area contributed by atoms with E-state index in [9.17, 15) is 14.4 Å². The molecule has 0 radical (unpaired) electrons. The van der Waals surface area contributed by atoms with E-state index in [0.29, 0.717) is 23.1 Å². The zero-order valence-corrected chi connectivity index (χ0v) is 13.1. The van der Waals surface area contributed by atoms with Crippen molar-refractivity contribution in [3.63, 3.8) is 0 Å². The van der Waals surface area contributed by atoms with Gasteiger partial charge in [-0.1, -0.05) is 6.07 Å². The molecule has 23 heavy (non-hydrogen) atoms. The van der Waals surface area contributed by atoms with Crippen molar-refractivity contribution in [3.05, 3.63) is 40.2 Å². The van der Waals surface area contributed by atoms with Gasteiger partial charge in [0.15, 0.2) is 0 Å². The predicted octanol–water partition coefficient (Wildman–Crippen LogP) is 1.15. The number of nitrogens with two attached hydrogens (primary N) is 1. The molecule has 0 saturated carbocycles. The quantitative estimate of drug-likeness (QED) is 0.805. The number of pyridine rings is 1. The summed E-state index contributed by atoms with van der Waals surface area (Å²) in [5, 5.41) is 9.02. The van der Waals surface area contributed by atoms with E-state index >= 15 is 0 Å². The van der Waals surface area contributed by atoms with Gasteiger partial charge in [-0.05, 0) is 19.1 Å². The molecule has 122 valence electrons. The number of hydrogen-bond donors (Lipinski definition) is 2. The molecule has 0 aliphatic carbocycles. The van der Waals surface area contributed by atoms with Crippen LogP contribution >= 0.6 is 0 Å². The first-order chi connectivity index (χ1) is 10.9. The first-order valence-corrected chi connectivity index (χ1v) is 7.25. The average Bonchev–Trinajstić information content (AvgIpc) is 2.52. The number of carbonyl (C=O) groups excluding carboxylic acids is 1. The van der Waals surface area contributed by atoms with Crippen LogP contribution in [-0.4, -0.2) is 40.0 Å². The monoisotopic (exact) mass is 317 g/mol. The van der Waals surface area contributed by atoms with Crippen molar-refractivity contribution in [2.24, 2.45) is 0 Å². The summed E-state index contributed by atoms with van der Waals surface area (Å²) < 4.78 is 1.78. The highest BCUT2D eigenvalue weighted by molar-refractivity contribution is 6.00. The molecule has 1 amide bonds. The molecule has 0 fully saturated rings. The Morgan fingerprint density at radius 3 is 2.65 bits per heavy atom.